The zero-order chi connectivity index (χ0) is 20.5. The topological polar surface area (TPSA) is 37.3 Å². The average molecular weight is 407 g/mol. The third-order valence-corrected chi connectivity index (χ3v) is 9.26. The van der Waals surface area contributed by atoms with Crippen LogP contribution in [0.25, 0.3) is 0 Å². The highest BCUT2D eigenvalue weighted by Gasteiger charge is 2.61. The number of hydrogen-bond donors (Lipinski definition) is 2. The summed E-state index contributed by atoms with van der Waals surface area (Å²) in [5, 5.41) is 10.8. The normalized spacial score (nSPS) is 44.6. The molecule has 0 amide bonds. The van der Waals surface area contributed by atoms with Crippen molar-refractivity contribution in [3.8, 4) is 0 Å². The van der Waals surface area contributed by atoms with Crippen LogP contribution in [0, 0.1) is 34.5 Å². The van der Waals surface area contributed by atoms with Crippen molar-refractivity contribution in [3.05, 3.63) is 11.6 Å². The van der Waals surface area contributed by atoms with Crippen molar-refractivity contribution < 1.29 is 9.90 Å². The lowest BCUT2D eigenvalue weighted by Gasteiger charge is -2.60. The summed E-state index contributed by atoms with van der Waals surface area (Å²) in [4.78, 5) is 12.1. The Morgan fingerprint density at radius 2 is 1.96 bits per heavy atom. The van der Waals surface area contributed by atoms with Crippen molar-refractivity contribution in [2.75, 3.05) is 5.75 Å². The molecule has 0 bridgehead atoms. The van der Waals surface area contributed by atoms with Crippen LogP contribution in [0.3, 0.4) is 0 Å². The number of carbonyl (C=O) groups is 1. The summed E-state index contributed by atoms with van der Waals surface area (Å²) in [7, 11) is 0. The monoisotopic (exact) mass is 406 g/mol. The highest BCUT2D eigenvalue weighted by molar-refractivity contribution is 7.80. The van der Waals surface area contributed by atoms with Crippen LogP contribution in [0.1, 0.15) is 91.9 Å². The first-order valence-electron chi connectivity index (χ1n) is 11.9. The minimum atomic E-state index is -0.119. The Morgan fingerprint density at radius 1 is 1.21 bits per heavy atom. The number of aliphatic hydroxyl groups is 1. The highest BCUT2D eigenvalue weighted by Crippen LogP contribution is 2.66. The molecule has 7 atom stereocenters. The molecule has 28 heavy (non-hydrogen) atoms. The molecule has 0 aromatic rings. The number of rotatable bonds is 4. The van der Waals surface area contributed by atoms with E-state index in [-0.39, 0.29) is 16.9 Å². The summed E-state index contributed by atoms with van der Waals surface area (Å²) in [5.74, 6) is 4.18. The summed E-state index contributed by atoms with van der Waals surface area (Å²) < 4.78 is 0. The van der Waals surface area contributed by atoms with Crippen LogP contribution >= 0.6 is 12.6 Å². The van der Waals surface area contributed by atoms with Crippen LogP contribution in [-0.2, 0) is 4.79 Å². The molecular weight excluding hydrogens is 364 g/mol. The van der Waals surface area contributed by atoms with E-state index in [4.69, 9.17) is 0 Å². The van der Waals surface area contributed by atoms with Crippen LogP contribution in [0.4, 0.5) is 0 Å². The van der Waals surface area contributed by atoms with Gasteiger partial charge in [0.05, 0.1) is 6.10 Å². The second-order valence-corrected chi connectivity index (χ2v) is 10.6. The Kier molecular flexibility index (Phi) is 7.07. The van der Waals surface area contributed by atoms with E-state index in [1.54, 1.807) is 0 Å². The zero-order valence-electron chi connectivity index (χ0n) is 18.5. The minimum absolute atomic E-state index is 0.110. The molecule has 2 nitrogen and oxygen atoms in total. The Labute approximate surface area is 178 Å². The maximum atomic E-state index is 12.1. The van der Waals surface area contributed by atoms with Gasteiger partial charge in [0.2, 0.25) is 0 Å². The van der Waals surface area contributed by atoms with Gasteiger partial charge in [-0.05, 0) is 78.8 Å². The standard InChI is InChI=1S/C23H36O2S.C2H6/c1-22-11-10-17(24)13-16(22)6-7-18-19-8-9-20(25)23(19,2)14-15(21(18)22)5-3-4-12-26;1-2/h6,15,18-21,25-26H,3-5,7-14H2,1-2H3;1-2H3. The Hall–Kier alpha value is -0.280. The molecule has 0 radical (unpaired) electrons. The molecule has 0 aromatic heterocycles. The molecule has 3 fully saturated rings. The fourth-order valence-corrected chi connectivity index (χ4v) is 7.88. The summed E-state index contributed by atoms with van der Waals surface area (Å²) in [5.41, 5.74) is 1.78. The number of allylic oxidation sites excluding steroid dienone is 2. The Bertz CT molecular complexity index is 599. The molecule has 0 saturated heterocycles. The number of fused-ring (bicyclic) bond motifs is 5. The van der Waals surface area contributed by atoms with Crippen LogP contribution in [-0.4, -0.2) is 22.7 Å². The van der Waals surface area contributed by atoms with E-state index in [1.807, 2.05) is 13.8 Å². The third kappa shape index (κ3) is 3.64. The van der Waals surface area contributed by atoms with E-state index in [0.29, 0.717) is 35.9 Å². The molecule has 0 aromatic carbocycles. The van der Waals surface area contributed by atoms with Gasteiger partial charge in [-0.3, -0.25) is 4.79 Å². The maximum Gasteiger partial charge on any atom is 0.136 e. The predicted octanol–water partition coefficient (Wildman–Crippen LogP) is 6.23. The largest absolute Gasteiger partial charge is 0.393 e. The fourth-order valence-electron chi connectivity index (χ4n) is 7.66. The maximum absolute atomic E-state index is 12.1. The van der Waals surface area contributed by atoms with Crippen molar-refractivity contribution >= 4 is 18.4 Å². The van der Waals surface area contributed by atoms with Crippen LogP contribution in [0.2, 0.25) is 0 Å². The molecule has 0 spiro atoms. The zero-order valence-corrected chi connectivity index (χ0v) is 19.4. The van der Waals surface area contributed by atoms with Crippen molar-refractivity contribution in [3.63, 3.8) is 0 Å². The smallest absolute Gasteiger partial charge is 0.136 e. The van der Waals surface area contributed by atoms with Gasteiger partial charge in [0.15, 0.2) is 0 Å². The van der Waals surface area contributed by atoms with E-state index in [2.05, 4.69) is 32.6 Å². The lowest BCUT2D eigenvalue weighted by Crippen LogP contribution is -2.54. The van der Waals surface area contributed by atoms with Crippen LogP contribution in [0.5, 0.6) is 0 Å². The molecule has 1 N–H and O–H groups in total. The van der Waals surface area contributed by atoms with Crippen molar-refractivity contribution in [1.82, 2.24) is 0 Å². The molecule has 0 aliphatic heterocycles. The van der Waals surface area contributed by atoms with Crippen LogP contribution < -0.4 is 0 Å². The average Bonchev–Trinajstić information content (AvgIpc) is 2.98. The van der Waals surface area contributed by atoms with E-state index in [9.17, 15) is 9.90 Å². The van der Waals surface area contributed by atoms with E-state index in [0.717, 1.165) is 31.4 Å². The summed E-state index contributed by atoms with van der Waals surface area (Å²) in [6.07, 6.45) is 13.1. The molecule has 4 aliphatic rings. The van der Waals surface area contributed by atoms with Gasteiger partial charge in [-0.1, -0.05) is 52.2 Å². The first-order valence-corrected chi connectivity index (χ1v) is 12.5. The fraction of sp³-hybridized carbons (Fsp3) is 0.880. The molecule has 3 saturated carbocycles. The van der Waals surface area contributed by atoms with E-state index in [1.165, 1.54) is 37.7 Å². The first-order chi connectivity index (χ1) is 13.4. The summed E-state index contributed by atoms with van der Waals surface area (Å²) >= 11 is 4.42. The Balaban J connectivity index is 0.00000109. The van der Waals surface area contributed by atoms with Gasteiger partial charge in [-0.25, -0.2) is 0 Å². The Morgan fingerprint density at radius 3 is 2.68 bits per heavy atom. The molecule has 0 heterocycles. The number of Topliss-reactive ketones (excluding diaryl/α,β-unsaturated/α-hetero) is 1. The lowest BCUT2D eigenvalue weighted by molar-refractivity contribution is -0.126. The highest BCUT2D eigenvalue weighted by atomic mass is 32.1. The second kappa shape index (κ2) is 8.84. The van der Waals surface area contributed by atoms with E-state index < -0.39 is 0 Å². The number of hydrogen-bond acceptors (Lipinski definition) is 3. The quantitative estimate of drug-likeness (QED) is 0.330. The van der Waals surface area contributed by atoms with E-state index >= 15 is 0 Å². The van der Waals surface area contributed by atoms with Gasteiger partial charge in [-0.15, -0.1) is 0 Å². The first kappa shape index (κ1) is 22.4. The van der Waals surface area contributed by atoms with Crippen LogP contribution in [0.15, 0.2) is 11.6 Å². The van der Waals surface area contributed by atoms with Crippen molar-refractivity contribution in [2.45, 2.75) is 98.0 Å². The number of aliphatic hydroxyl groups excluding tert-OH is 1. The molecule has 160 valence electrons. The summed E-state index contributed by atoms with van der Waals surface area (Å²) in [6.45, 7) is 8.85. The van der Waals surface area contributed by atoms with Gasteiger partial charge < -0.3 is 5.11 Å². The molecule has 3 heteroatoms. The van der Waals surface area contributed by atoms with Gasteiger partial charge in [0, 0.05) is 12.8 Å². The van der Waals surface area contributed by atoms with Gasteiger partial charge in [0.25, 0.3) is 0 Å². The number of carbonyl (C=O) groups excluding carboxylic acids is 1. The summed E-state index contributed by atoms with van der Waals surface area (Å²) in [6, 6.07) is 0. The van der Waals surface area contributed by atoms with Gasteiger partial charge in [0.1, 0.15) is 5.78 Å². The van der Waals surface area contributed by atoms with Gasteiger partial charge in [-0.2, -0.15) is 12.6 Å². The minimum Gasteiger partial charge on any atom is -0.393 e. The molecular formula is C25H42O2S. The third-order valence-electron chi connectivity index (χ3n) is 8.95. The predicted molar refractivity (Wildman–Crippen MR) is 121 cm³/mol. The van der Waals surface area contributed by atoms with Crippen molar-refractivity contribution in [2.24, 2.45) is 34.5 Å². The van der Waals surface area contributed by atoms with Crippen molar-refractivity contribution in [1.29, 1.82) is 0 Å². The molecule has 7 unspecified atom stereocenters. The van der Waals surface area contributed by atoms with Gasteiger partial charge >= 0.3 is 0 Å². The number of ketones is 1. The second-order valence-electron chi connectivity index (χ2n) is 10.2. The lowest BCUT2D eigenvalue weighted by atomic mass is 9.44. The number of unbranched alkanes of at least 4 members (excludes halogenated alkanes) is 1. The SMILES string of the molecule is CC.CC12CCC(=O)CC1=CCC1C2C(CCCCS)CC2(C)C(O)CCC12. The molecule has 4 aliphatic carbocycles. The number of thiol groups is 1. The molecule has 4 rings (SSSR count).